The van der Waals surface area contributed by atoms with Crippen LogP contribution in [0.25, 0.3) is 11.4 Å². The number of hydrogen-bond acceptors (Lipinski definition) is 4. The van der Waals surface area contributed by atoms with Crippen LogP contribution in [-0.2, 0) is 24.9 Å². The molecule has 1 unspecified atom stereocenters. The molecule has 5 heterocycles. The maximum atomic E-state index is 14.4. The zero-order valence-corrected chi connectivity index (χ0v) is 23.7. The Morgan fingerprint density at radius 1 is 0.591 bits per heavy atom. The fraction of sp³-hybridized carbons (Fsp3) is 0.235. The summed E-state index contributed by atoms with van der Waals surface area (Å²) in [4.78, 5) is 56.9. The number of benzene rings is 3. The van der Waals surface area contributed by atoms with Gasteiger partial charge < -0.3 is 0 Å². The van der Waals surface area contributed by atoms with Crippen LogP contribution in [-0.4, -0.2) is 27.9 Å². The summed E-state index contributed by atoms with van der Waals surface area (Å²) in [5.41, 5.74) is 2.41. The first kappa shape index (κ1) is 25.1. The molecule has 44 heavy (non-hydrogen) atoms. The van der Waals surface area contributed by atoms with E-state index in [4.69, 9.17) is 0 Å². The van der Waals surface area contributed by atoms with Crippen molar-refractivity contribution in [3.63, 3.8) is 0 Å². The van der Waals surface area contributed by atoms with Crippen molar-refractivity contribution in [2.45, 2.75) is 49.9 Å². The number of rotatable bonds is 2. The molecule has 3 aliphatic carbocycles. The van der Waals surface area contributed by atoms with Crippen molar-refractivity contribution < 1.29 is 0 Å². The molecular weight excluding hydrogens is 556 g/mol. The molecule has 1 spiro atoms. The molecule has 3 aromatic carbocycles. The van der Waals surface area contributed by atoms with Gasteiger partial charge in [-0.1, -0.05) is 72.8 Å². The Kier molecular flexibility index (Phi) is 5.04. The van der Waals surface area contributed by atoms with Crippen LogP contribution < -0.4 is 22.8 Å². The molecule has 3 atom stereocenters. The fourth-order valence-corrected chi connectivity index (χ4v) is 7.95. The molecule has 3 aliphatic heterocycles. The van der Waals surface area contributed by atoms with Gasteiger partial charge in [0.2, 0.25) is 0 Å². The third-order valence-electron chi connectivity index (χ3n) is 9.89. The molecule has 11 rings (SSSR count). The van der Waals surface area contributed by atoms with E-state index in [2.05, 4.69) is 30.3 Å². The molecule has 10 nitrogen and oxygen atoms in total. The summed E-state index contributed by atoms with van der Waals surface area (Å²) < 4.78 is 8.68. The van der Waals surface area contributed by atoms with Gasteiger partial charge in [-0.15, -0.1) is 0 Å². The second-order valence-electron chi connectivity index (χ2n) is 12.1. The minimum Gasteiger partial charge on any atom is -0.245 e. The summed E-state index contributed by atoms with van der Waals surface area (Å²) in [5.74, 6) is 0. The Morgan fingerprint density at radius 3 is 1.84 bits per heavy atom. The Morgan fingerprint density at radius 2 is 1.18 bits per heavy atom. The van der Waals surface area contributed by atoms with Crippen LogP contribution in [0.15, 0.2) is 127 Å². The standard InChI is InChI=1S/C34H28N6O4/c41-30-35-20-18-27-29(38(35)31(42)36(30)25-7-3-1-4-8-25)28-24-16-15-22-11-13-23(14-12-22)17-19-34(27,21-24)40-33(44)37(32(43)39(28)40)26-9-5-2-6-10-26/h1-14,18,21,28-29H,15-17,19-20H2/t28-,29?,34+/m0/s1. The highest BCUT2D eigenvalue weighted by Crippen LogP contribution is 2.55. The third kappa shape index (κ3) is 3.14. The van der Waals surface area contributed by atoms with Crippen molar-refractivity contribution >= 4 is 0 Å². The van der Waals surface area contributed by atoms with Crippen LogP contribution in [0.3, 0.4) is 0 Å². The number of nitrogens with zero attached hydrogens (tertiary/aromatic N) is 6. The number of fused-ring (bicyclic) bond motifs is 5. The van der Waals surface area contributed by atoms with Crippen LogP contribution >= 0.6 is 0 Å². The largest absolute Gasteiger partial charge is 0.352 e. The minimum absolute atomic E-state index is 0.185. The van der Waals surface area contributed by atoms with Gasteiger partial charge in [0.15, 0.2) is 0 Å². The summed E-state index contributed by atoms with van der Waals surface area (Å²) >= 11 is 0. The van der Waals surface area contributed by atoms with Gasteiger partial charge in [0, 0.05) is 0 Å². The molecule has 218 valence electrons. The first-order valence-electron chi connectivity index (χ1n) is 15.0. The molecule has 0 fully saturated rings. The summed E-state index contributed by atoms with van der Waals surface area (Å²) in [5, 5.41) is 0. The summed E-state index contributed by atoms with van der Waals surface area (Å²) in [6.07, 6.45) is 6.75. The van der Waals surface area contributed by atoms with Crippen LogP contribution in [0.2, 0.25) is 0 Å². The monoisotopic (exact) mass is 584 g/mol. The first-order valence-corrected chi connectivity index (χ1v) is 15.0. The van der Waals surface area contributed by atoms with Crippen LogP contribution in [0, 0.1) is 0 Å². The highest BCUT2D eigenvalue weighted by atomic mass is 16.2. The van der Waals surface area contributed by atoms with Crippen molar-refractivity contribution in [1.82, 2.24) is 27.9 Å². The van der Waals surface area contributed by atoms with Gasteiger partial charge in [-0.2, -0.15) is 0 Å². The smallest absolute Gasteiger partial charge is 0.245 e. The van der Waals surface area contributed by atoms with E-state index in [-0.39, 0.29) is 6.54 Å². The predicted molar refractivity (Wildman–Crippen MR) is 164 cm³/mol. The van der Waals surface area contributed by atoms with E-state index in [1.807, 2.05) is 18.2 Å². The number of allylic oxidation sites excluding steroid dienone is 4. The second kappa shape index (κ2) is 8.82. The lowest BCUT2D eigenvalue weighted by atomic mass is 9.68. The van der Waals surface area contributed by atoms with Gasteiger partial charge in [0.1, 0.15) is 17.6 Å². The van der Waals surface area contributed by atoms with Gasteiger partial charge in [0.05, 0.1) is 17.9 Å². The quantitative estimate of drug-likeness (QED) is 0.298. The molecule has 0 saturated carbocycles. The van der Waals surface area contributed by atoms with E-state index in [0.29, 0.717) is 30.6 Å². The third-order valence-corrected chi connectivity index (χ3v) is 9.89. The molecule has 6 aliphatic rings. The normalized spacial score (nSPS) is 22.8. The maximum absolute atomic E-state index is 14.4. The molecule has 5 bridgehead atoms. The zero-order chi connectivity index (χ0) is 29.7. The molecular formula is C34H28N6O4. The van der Waals surface area contributed by atoms with Crippen LogP contribution in [0.5, 0.6) is 0 Å². The SMILES string of the molecule is O=c1n(-c2ccccc2)c(=O)n2n1CC=C1C2[C@@H]2C3=C[C@@]1(CCc1ccc(cc1)CC3)n1c(=O)n(-c3ccccc3)c(=O)n12. The first-order chi connectivity index (χ1) is 21.5. The molecule has 10 heteroatoms. The Hall–Kier alpha value is -5.38. The minimum atomic E-state index is -0.998. The summed E-state index contributed by atoms with van der Waals surface area (Å²) in [6.45, 7) is 0.185. The summed E-state index contributed by atoms with van der Waals surface area (Å²) in [6, 6.07) is 25.1. The number of para-hydroxylation sites is 2. The Labute approximate surface area is 250 Å². The second-order valence-corrected chi connectivity index (χ2v) is 12.1. The lowest BCUT2D eigenvalue weighted by molar-refractivity contribution is 0.126. The van der Waals surface area contributed by atoms with Crippen LogP contribution in [0.1, 0.15) is 36.1 Å². The number of hydrogen-bond donors (Lipinski definition) is 0. The van der Waals surface area contributed by atoms with Crippen molar-refractivity contribution in [3.8, 4) is 11.4 Å². The van der Waals surface area contributed by atoms with E-state index in [0.717, 1.165) is 23.1 Å². The van der Waals surface area contributed by atoms with Gasteiger partial charge in [-0.25, -0.2) is 47.0 Å². The number of aromatic nitrogens is 6. The highest BCUT2D eigenvalue weighted by molar-refractivity contribution is 5.46. The van der Waals surface area contributed by atoms with Crippen molar-refractivity contribution in [3.05, 3.63) is 161 Å². The fourth-order valence-electron chi connectivity index (χ4n) is 7.95. The van der Waals surface area contributed by atoms with E-state index < -0.39 is 40.4 Å². The molecule has 0 N–H and O–H groups in total. The van der Waals surface area contributed by atoms with E-state index >= 15 is 0 Å². The van der Waals surface area contributed by atoms with Crippen molar-refractivity contribution in [1.29, 1.82) is 0 Å². The van der Waals surface area contributed by atoms with Gasteiger partial charge in [-0.05, 0) is 72.2 Å². The number of aryl methyl sites for hydroxylation is 2. The lowest BCUT2D eigenvalue weighted by Crippen LogP contribution is -2.60. The molecule has 0 saturated heterocycles. The van der Waals surface area contributed by atoms with E-state index in [1.165, 1.54) is 19.4 Å². The highest BCUT2D eigenvalue weighted by Gasteiger charge is 2.57. The van der Waals surface area contributed by atoms with E-state index in [9.17, 15) is 19.2 Å². The average Bonchev–Trinajstić information content (AvgIpc) is 3.47. The zero-order valence-electron chi connectivity index (χ0n) is 23.7. The van der Waals surface area contributed by atoms with Crippen LogP contribution in [0.4, 0.5) is 0 Å². The van der Waals surface area contributed by atoms with Gasteiger partial charge in [0.25, 0.3) is 0 Å². The Bertz CT molecular complexity index is 2290. The lowest BCUT2D eigenvalue weighted by Gasteiger charge is -2.53. The topological polar surface area (TPSA) is 97.9 Å². The molecule has 0 radical (unpaired) electrons. The molecule has 2 aromatic heterocycles. The van der Waals surface area contributed by atoms with Gasteiger partial charge in [-0.3, -0.25) is 0 Å². The van der Waals surface area contributed by atoms with Crippen molar-refractivity contribution in [2.24, 2.45) is 0 Å². The van der Waals surface area contributed by atoms with E-state index in [1.54, 1.807) is 62.6 Å². The predicted octanol–water partition coefficient (Wildman–Crippen LogP) is 2.87. The van der Waals surface area contributed by atoms with Crippen molar-refractivity contribution in [2.75, 3.05) is 0 Å². The molecule has 0 amide bonds. The Balaban J connectivity index is 1.36. The average molecular weight is 585 g/mol. The molecule has 5 aromatic rings. The summed E-state index contributed by atoms with van der Waals surface area (Å²) in [7, 11) is 0. The maximum Gasteiger partial charge on any atom is 0.352 e. The van der Waals surface area contributed by atoms with Gasteiger partial charge >= 0.3 is 22.8 Å².